The van der Waals surface area contributed by atoms with E-state index in [-0.39, 0.29) is 0 Å². The largest absolute Gasteiger partial charge is 0.522 e. The summed E-state index contributed by atoms with van der Waals surface area (Å²) in [6, 6.07) is 0. The highest BCUT2D eigenvalue weighted by Gasteiger charge is 2.70. The van der Waals surface area contributed by atoms with E-state index in [4.69, 9.17) is 3.87 Å². The summed E-state index contributed by atoms with van der Waals surface area (Å²) < 4.78 is 66.5. The molecule has 122 valence electrons. The molecule has 0 aromatic carbocycles. The SMILES string of the molecule is C[Si]12C[Si]3(C)C[Si](C)(C1)C[Si](OS(=O)(=O)C(F)(F)F)(C2)C3. The van der Waals surface area contributed by atoms with Crippen LogP contribution in [0, 0.1) is 0 Å². The van der Waals surface area contributed by atoms with Crippen LogP contribution in [0.4, 0.5) is 13.2 Å². The predicted molar refractivity (Wildman–Crippen MR) is 85.5 cm³/mol. The number of halogens is 3. The van der Waals surface area contributed by atoms with Crippen molar-refractivity contribution >= 4 is 42.7 Å². The van der Waals surface area contributed by atoms with Gasteiger partial charge in [0.05, 0.1) is 0 Å². The van der Waals surface area contributed by atoms with Crippen LogP contribution in [0.3, 0.4) is 0 Å². The van der Waals surface area contributed by atoms with Gasteiger partial charge in [-0.3, -0.25) is 0 Å². The summed E-state index contributed by atoms with van der Waals surface area (Å²) >= 11 is 0. The zero-order valence-corrected chi connectivity index (χ0v) is 17.3. The molecule has 4 aliphatic heterocycles. The first-order valence-electron chi connectivity index (χ1n) is 7.22. The lowest BCUT2D eigenvalue weighted by atomic mass is 11.6. The maximum absolute atomic E-state index is 12.7. The van der Waals surface area contributed by atoms with Crippen molar-refractivity contribution in [2.45, 2.75) is 59.2 Å². The second kappa shape index (κ2) is 4.15. The second-order valence-electron chi connectivity index (χ2n) is 8.66. The van der Waals surface area contributed by atoms with Crippen molar-refractivity contribution in [2.24, 2.45) is 0 Å². The van der Waals surface area contributed by atoms with Gasteiger partial charge in [0, 0.05) is 24.2 Å². The highest BCUT2D eigenvalue weighted by atomic mass is 32.2. The van der Waals surface area contributed by atoms with Gasteiger partial charge in [-0.25, -0.2) is 0 Å². The number of alkyl halides is 3. The Hall–Kier alpha value is 0.568. The fraction of sp³-hybridized carbons (Fsp3) is 1.00. The van der Waals surface area contributed by atoms with Crippen LogP contribution in [0.15, 0.2) is 0 Å². The van der Waals surface area contributed by atoms with Crippen molar-refractivity contribution in [3.63, 3.8) is 0 Å². The van der Waals surface area contributed by atoms with Crippen molar-refractivity contribution < 1.29 is 25.5 Å². The van der Waals surface area contributed by atoms with Gasteiger partial charge in [0.2, 0.25) is 8.32 Å². The van der Waals surface area contributed by atoms with Crippen molar-refractivity contribution in [1.29, 1.82) is 0 Å². The Kier molecular flexibility index (Phi) is 3.25. The zero-order chi connectivity index (χ0) is 15.9. The molecule has 4 heterocycles. The third-order valence-corrected chi connectivity index (χ3v) is 46.7. The van der Waals surface area contributed by atoms with Crippen LogP contribution in [0.1, 0.15) is 0 Å². The first-order valence-corrected chi connectivity index (χ1v) is 20.5. The maximum atomic E-state index is 12.7. The topological polar surface area (TPSA) is 43.4 Å². The van der Waals surface area contributed by atoms with Gasteiger partial charge >= 0.3 is 15.6 Å². The normalized spacial score (nSPS) is 49.6. The quantitative estimate of drug-likeness (QED) is 0.537. The minimum Gasteiger partial charge on any atom is -0.309 e. The lowest BCUT2D eigenvalue weighted by Crippen LogP contribution is -2.76. The van der Waals surface area contributed by atoms with E-state index in [1.54, 1.807) is 0 Å². The molecule has 4 saturated heterocycles. The van der Waals surface area contributed by atoms with Gasteiger partial charge < -0.3 is 3.87 Å². The standard InChI is InChI=1S/C10H21F3O3SSi4/c1-18-4-19(2)6-20(3,5-18)9-21(7-18,8-19)16-17(14,15)10(11,12)13/h4-9H2,1-3H3. The van der Waals surface area contributed by atoms with E-state index in [1.807, 2.05) is 0 Å². The highest BCUT2D eigenvalue weighted by molar-refractivity contribution is 7.88. The van der Waals surface area contributed by atoms with Gasteiger partial charge in [-0.15, -0.1) is 0 Å². The number of hydrogen-bond donors (Lipinski definition) is 0. The van der Waals surface area contributed by atoms with E-state index in [0.717, 1.165) is 17.0 Å². The molecule has 4 bridgehead atoms. The van der Waals surface area contributed by atoms with E-state index < -0.39 is 48.2 Å². The molecule has 0 atom stereocenters. The van der Waals surface area contributed by atoms with Gasteiger partial charge in [0.1, 0.15) is 0 Å². The molecule has 0 aromatic rings. The Bertz CT molecular complexity index is 539. The minimum atomic E-state index is -5.41. The summed E-state index contributed by atoms with van der Waals surface area (Å²) in [4.78, 5) is 0. The van der Waals surface area contributed by atoms with E-state index in [0.29, 0.717) is 0 Å². The summed E-state index contributed by atoms with van der Waals surface area (Å²) in [5.41, 5.74) is 0.838. The van der Waals surface area contributed by atoms with Crippen LogP contribution in [-0.4, -0.2) is 46.5 Å². The van der Waals surface area contributed by atoms with Crippen molar-refractivity contribution in [2.75, 3.05) is 0 Å². The Labute approximate surface area is 127 Å². The molecule has 4 rings (SSSR count). The fourth-order valence-corrected chi connectivity index (χ4v) is 74.0. The number of rotatable bonds is 2. The molecular formula is C10H21F3O3SSi4. The van der Waals surface area contributed by atoms with Gasteiger partial charge in [-0.2, -0.15) is 21.6 Å². The van der Waals surface area contributed by atoms with Crippen LogP contribution >= 0.6 is 0 Å². The lowest BCUT2D eigenvalue weighted by Gasteiger charge is -2.65. The summed E-state index contributed by atoms with van der Waals surface area (Å²) in [6.45, 7) is 6.89. The molecule has 4 fully saturated rings. The summed E-state index contributed by atoms with van der Waals surface area (Å²) in [6.07, 6.45) is 0. The monoisotopic (exact) mass is 390 g/mol. The molecular weight excluding hydrogens is 370 g/mol. The van der Waals surface area contributed by atoms with Crippen LogP contribution in [0.5, 0.6) is 0 Å². The molecule has 0 aromatic heterocycles. The molecule has 21 heavy (non-hydrogen) atoms. The van der Waals surface area contributed by atoms with Gasteiger partial charge in [0.25, 0.3) is 0 Å². The Morgan fingerprint density at radius 1 is 0.810 bits per heavy atom. The molecule has 0 spiro atoms. The average Bonchev–Trinajstić information content (AvgIpc) is 2.03. The molecule has 11 heteroatoms. The average molecular weight is 391 g/mol. The molecule has 0 radical (unpaired) electrons. The fourth-order valence-electron chi connectivity index (χ4n) is 6.54. The van der Waals surface area contributed by atoms with Crippen molar-refractivity contribution in [3.8, 4) is 0 Å². The molecule has 4 aliphatic rings. The summed E-state index contributed by atoms with van der Waals surface area (Å²) in [5.74, 6) is 0. The molecule has 0 saturated carbocycles. The van der Waals surface area contributed by atoms with Gasteiger partial charge in [0.15, 0.2) is 0 Å². The molecule has 0 amide bonds. The Balaban J connectivity index is 1.99. The Morgan fingerprint density at radius 2 is 1.14 bits per heavy atom. The van der Waals surface area contributed by atoms with E-state index in [2.05, 4.69) is 19.6 Å². The summed E-state index contributed by atoms with van der Waals surface area (Å²) in [7, 11) is -12.8. The van der Waals surface area contributed by atoms with Crippen LogP contribution in [0.25, 0.3) is 0 Å². The predicted octanol–water partition coefficient (Wildman–Crippen LogP) is 3.31. The third-order valence-electron chi connectivity index (χ3n) is 5.38. The summed E-state index contributed by atoms with van der Waals surface area (Å²) in [5, 5.41) is 0. The molecule has 3 nitrogen and oxygen atoms in total. The third kappa shape index (κ3) is 2.67. The van der Waals surface area contributed by atoms with Crippen molar-refractivity contribution in [3.05, 3.63) is 0 Å². The van der Waals surface area contributed by atoms with Crippen LogP contribution < -0.4 is 0 Å². The van der Waals surface area contributed by atoms with Crippen molar-refractivity contribution in [1.82, 2.24) is 0 Å². The highest BCUT2D eigenvalue weighted by Crippen LogP contribution is 2.60. The van der Waals surface area contributed by atoms with Crippen LogP contribution in [0.2, 0.25) is 53.6 Å². The maximum Gasteiger partial charge on any atom is 0.522 e. The second-order valence-corrected chi connectivity index (χ2v) is 32.4. The molecule has 0 N–H and O–H groups in total. The minimum absolute atomic E-state index is 0.750. The van der Waals surface area contributed by atoms with Gasteiger partial charge in [-0.1, -0.05) is 36.6 Å². The van der Waals surface area contributed by atoms with E-state index in [9.17, 15) is 21.6 Å². The van der Waals surface area contributed by atoms with E-state index in [1.165, 1.54) is 17.0 Å². The molecule has 0 aliphatic carbocycles. The Morgan fingerprint density at radius 3 is 1.43 bits per heavy atom. The number of hydrogen-bond acceptors (Lipinski definition) is 3. The lowest BCUT2D eigenvalue weighted by molar-refractivity contribution is -0.0504. The van der Waals surface area contributed by atoms with E-state index >= 15 is 0 Å². The first-order chi connectivity index (χ1) is 9.20. The molecule has 0 unspecified atom stereocenters. The van der Waals surface area contributed by atoms with Crippen LogP contribution in [-0.2, 0) is 14.0 Å². The first kappa shape index (κ1) is 16.4. The smallest absolute Gasteiger partial charge is 0.309 e. The van der Waals surface area contributed by atoms with Gasteiger partial charge in [-0.05, 0) is 17.0 Å². The zero-order valence-electron chi connectivity index (χ0n) is 12.5.